The highest BCUT2D eigenvalue weighted by Crippen LogP contribution is 2.17. The number of halogens is 1. The summed E-state index contributed by atoms with van der Waals surface area (Å²) in [6.07, 6.45) is 0.255. The number of amides is 1. The van der Waals surface area contributed by atoms with Gasteiger partial charge in [0.05, 0.1) is 16.6 Å². The fourth-order valence-corrected chi connectivity index (χ4v) is 3.76. The zero-order chi connectivity index (χ0) is 17.7. The lowest BCUT2D eigenvalue weighted by Gasteiger charge is -2.34. The average molecular weight is 356 g/mol. The second-order valence-electron chi connectivity index (χ2n) is 6.33. The van der Waals surface area contributed by atoms with E-state index < -0.39 is 15.1 Å². The van der Waals surface area contributed by atoms with Crippen molar-refractivity contribution in [3.05, 3.63) is 29.8 Å². The molecule has 1 aromatic carbocycles. The summed E-state index contributed by atoms with van der Waals surface area (Å²) < 4.78 is 36.5. The van der Waals surface area contributed by atoms with Crippen LogP contribution in [0.25, 0.3) is 0 Å². The van der Waals surface area contributed by atoms with Crippen molar-refractivity contribution in [1.29, 1.82) is 0 Å². The van der Waals surface area contributed by atoms with Crippen LogP contribution in [-0.4, -0.2) is 68.8 Å². The van der Waals surface area contributed by atoms with Crippen LogP contribution >= 0.6 is 0 Å². The molecule has 0 atom stereocenters. The summed E-state index contributed by atoms with van der Waals surface area (Å²) in [6.45, 7) is 5.97. The maximum Gasteiger partial charge on any atom is 0.227 e. The number of hydrogen-bond donors (Lipinski definition) is 0. The standard InChI is InChI=1S/C17H25FN2O3S/c1-14(2)24(22,23)16-5-3-15(4-6-16)13-17(21)20-11-9-19(8-7-18)10-12-20/h3-6,14H,7-13H2,1-2H3. The van der Waals surface area contributed by atoms with Crippen molar-refractivity contribution in [2.45, 2.75) is 30.4 Å². The highest BCUT2D eigenvalue weighted by atomic mass is 32.2. The van der Waals surface area contributed by atoms with Gasteiger partial charge < -0.3 is 4.90 Å². The molecule has 0 N–H and O–H groups in total. The minimum absolute atomic E-state index is 0.0226. The molecule has 2 rings (SSSR count). The molecule has 1 saturated heterocycles. The van der Waals surface area contributed by atoms with Gasteiger partial charge in [-0.25, -0.2) is 12.8 Å². The highest BCUT2D eigenvalue weighted by Gasteiger charge is 2.22. The van der Waals surface area contributed by atoms with Crippen LogP contribution in [-0.2, 0) is 21.1 Å². The summed E-state index contributed by atoms with van der Waals surface area (Å²) >= 11 is 0. The molecule has 134 valence electrons. The fraction of sp³-hybridized carbons (Fsp3) is 0.588. The van der Waals surface area contributed by atoms with E-state index in [9.17, 15) is 17.6 Å². The van der Waals surface area contributed by atoms with Crippen LogP contribution in [0.1, 0.15) is 19.4 Å². The van der Waals surface area contributed by atoms with E-state index in [-0.39, 0.29) is 23.9 Å². The van der Waals surface area contributed by atoms with Crippen LogP contribution in [0.4, 0.5) is 4.39 Å². The van der Waals surface area contributed by atoms with Gasteiger partial charge in [0.1, 0.15) is 6.67 Å². The minimum Gasteiger partial charge on any atom is -0.340 e. The SMILES string of the molecule is CC(C)S(=O)(=O)c1ccc(CC(=O)N2CCN(CCF)CC2)cc1. The van der Waals surface area contributed by atoms with Gasteiger partial charge in [-0.15, -0.1) is 0 Å². The van der Waals surface area contributed by atoms with E-state index in [0.717, 1.165) is 5.56 Å². The first kappa shape index (κ1) is 18.9. The molecule has 0 radical (unpaired) electrons. The molecule has 0 unspecified atom stereocenters. The molecule has 0 saturated carbocycles. The zero-order valence-electron chi connectivity index (χ0n) is 14.2. The Morgan fingerprint density at radius 2 is 1.71 bits per heavy atom. The van der Waals surface area contributed by atoms with E-state index in [1.165, 1.54) is 0 Å². The first-order valence-corrected chi connectivity index (χ1v) is 9.78. The van der Waals surface area contributed by atoms with Crippen molar-refractivity contribution in [3.63, 3.8) is 0 Å². The first-order valence-electron chi connectivity index (χ1n) is 8.23. The molecular formula is C17H25FN2O3S. The Bertz CT molecular complexity index is 651. The summed E-state index contributed by atoms with van der Waals surface area (Å²) in [5, 5.41) is -0.467. The molecule has 1 fully saturated rings. The number of carbonyl (C=O) groups excluding carboxylic acids is 1. The van der Waals surface area contributed by atoms with Gasteiger partial charge >= 0.3 is 0 Å². The molecular weight excluding hydrogens is 331 g/mol. The largest absolute Gasteiger partial charge is 0.340 e. The fourth-order valence-electron chi connectivity index (χ4n) is 2.70. The van der Waals surface area contributed by atoms with E-state index >= 15 is 0 Å². The van der Waals surface area contributed by atoms with Crippen LogP contribution in [0.3, 0.4) is 0 Å². The van der Waals surface area contributed by atoms with Gasteiger partial charge in [0.15, 0.2) is 9.84 Å². The molecule has 1 aliphatic rings. The summed E-state index contributed by atoms with van der Waals surface area (Å²) in [5.74, 6) is 0.0226. The van der Waals surface area contributed by atoms with Gasteiger partial charge in [0.25, 0.3) is 0 Å². The lowest BCUT2D eigenvalue weighted by Crippen LogP contribution is -2.49. The second-order valence-corrected chi connectivity index (χ2v) is 8.83. The number of piperazine rings is 1. The van der Waals surface area contributed by atoms with Crippen molar-refractivity contribution in [2.75, 3.05) is 39.4 Å². The monoisotopic (exact) mass is 356 g/mol. The highest BCUT2D eigenvalue weighted by molar-refractivity contribution is 7.92. The zero-order valence-corrected chi connectivity index (χ0v) is 15.1. The number of benzene rings is 1. The van der Waals surface area contributed by atoms with E-state index in [1.54, 1.807) is 43.0 Å². The number of sulfone groups is 1. The van der Waals surface area contributed by atoms with Crippen LogP contribution in [0.5, 0.6) is 0 Å². The minimum atomic E-state index is -3.29. The molecule has 1 amide bonds. The lowest BCUT2D eigenvalue weighted by molar-refractivity contribution is -0.132. The van der Waals surface area contributed by atoms with Gasteiger partial charge in [-0.2, -0.15) is 0 Å². The Balaban J connectivity index is 1.93. The van der Waals surface area contributed by atoms with E-state index in [1.807, 2.05) is 4.90 Å². The Labute approximate surface area is 143 Å². The van der Waals surface area contributed by atoms with Gasteiger partial charge in [-0.3, -0.25) is 9.69 Å². The van der Waals surface area contributed by atoms with Crippen molar-refractivity contribution >= 4 is 15.7 Å². The van der Waals surface area contributed by atoms with Crippen molar-refractivity contribution < 1.29 is 17.6 Å². The molecule has 1 heterocycles. The smallest absolute Gasteiger partial charge is 0.227 e. The third-order valence-electron chi connectivity index (χ3n) is 4.35. The van der Waals surface area contributed by atoms with E-state index in [4.69, 9.17) is 0 Å². The molecule has 1 aliphatic heterocycles. The number of nitrogens with zero attached hydrogens (tertiary/aromatic N) is 2. The van der Waals surface area contributed by atoms with Crippen LogP contribution < -0.4 is 0 Å². The summed E-state index contributed by atoms with van der Waals surface area (Å²) in [7, 11) is -3.29. The molecule has 0 aliphatic carbocycles. The summed E-state index contributed by atoms with van der Waals surface area (Å²) in [5.41, 5.74) is 0.800. The quantitative estimate of drug-likeness (QED) is 0.776. The van der Waals surface area contributed by atoms with Gasteiger partial charge in [-0.1, -0.05) is 12.1 Å². The third-order valence-corrected chi connectivity index (χ3v) is 6.52. The Hall–Kier alpha value is -1.47. The normalized spacial score (nSPS) is 16.6. The predicted molar refractivity (Wildman–Crippen MR) is 91.5 cm³/mol. The molecule has 24 heavy (non-hydrogen) atoms. The predicted octanol–water partition coefficient (Wildman–Crippen LogP) is 1.52. The molecule has 0 bridgehead atoms. The topological polar surface area (TPSA) is 57.7 Å². The summed E-state index contributed by atoms with van der Waals surface area (Å²) in [6, 6.07) is 6.54. The van der Waals surface area contributed by atoms with Crippen molar-refractivity contribution in [3.8, 4) is 0 Å². The van der Waals surface area contributed by atoms with Gasteiger partial charge in [0, 0.05) is 32.7 Å². The first-order chi connectivity index (χ1) is 11.3. The Morgan fingerprint density at radius 1 is 1.12 bits per heavy atom. The van der Waals surface area contributed by atoms with Gasteiger partial charge in [-0.05, 0) is 31.5 Å². The maximum absolute atomic E-state index is 12.3. The van der Waals surface area contributed by atoms with E-state index in [0.29, 0.717) is 32.7 Å². The van der Waals surface area contributed by atoms with Crippen LogP contribution in [0.2, 0.25) is 0 Å². The molecule has 0 spiro atoms. The second kappa shape index (κ2) is 8.07. The Kier molecular flexibility index (Phi) is 6.34. The molecule has 5 nitrogen and oxygen atoms in total. The van der Waals surface area contributed by atoms with E-state index in [2.05, 4.69) is 0 Å². The number of hydrogen-bond acceptors (Lipinski definition) is 4. The number of rotatable bonds is 6. The van der Waals surface area contributed by atoms with Crippen LogP contribution in [0, 0.1) is 0 Å². The lowest BCUT2D eigenvalue weighted by atomic mass is 10.1. The number of carbonyl (C=O) groups is 1. The molecule has 7 heteroatoms. The summed E-state index contributed by atoms with van der Waals surface area (Å²) in [4.78, 5) is 16.4. The van der Waals surface area contributed by atoms with Crippen molar-refractivity contribution in [2.24, 2.45) is 0 Å². The Morgan fingerprint density at radius 3 is 2.21 bits per heavy atom. The molecule has 1 aromatic rings. The third kappa shape index (κ3) is 4.54. The van der Waals surface area contributed by atoms with Crippen LogP contribution in [0.15, 0.2) is 29.2 Å². The number of alkyl halides is 1. The maximum atomic E-state index is 12.3. The molecule has 0 aromatic heterocycles. The van der Waals surface area contributed by atoms with Crippen molar-refractivity contribution in [1.82, 2.24) is 9.80 Å². The average Bonchev–Trinajstić information content (AvgIpc) is 2.56. The van der Waals surface area contributed by atoms with Gasteiger partial charge in [0.2, 0.25) is 5.91 Å².